The molecule has 4 rings (SSSR count). The van der Waals surface area contributed by atoms with E-state index in [4.69, 9.17) is 31.5 Å². The van der Waals surface area contributed by atoms with Gasteiger partial charge < -0.3 is 21.4 Å². The molecule has 0 spiro atoms. The van der Waals surface area contributed by atoms with Crippen molar-refractivity contribution in [3.8, 4) is 5.88 Å². The number of benzene rings is 2. The van der Waals surface area contributed by atoms with E-state index in [-0.39, 0.29) is 168 Å². The molecule has 2 heterocycles. The van der Waals surface area contributed by atoms with Crippen molar-refractivity contribution in [2.75, 3.05) is 0 Å². The molecule has 48 heavy (non-hydrogen) atoms. The number of aliphatic hydroxyl groups excluding tert-OH is 1. The Morgan fingerprint density at radius 3 is 1.79 bits per heavy atom. The minimum absolute atomic E-state index is 0. The third-order valence-electron chi connectivity index (χ3n) is 4.85. The zero-order valence-electron chi connectivity index (χ0n) is 25.4. The van der Waals surface area contributed by atoms with Crippen molar-refractivity contribution in [1.82, 2.24) is 9.97 Å². The van der Waals surface area contributed by atoms with Crippen molar-refractivity contribution in [3.63, 3.8) is 0 Å². The van der Waals surface area contributed by atoms with E-state index in [1.807, 2.05) is 0 Å². The third kappa shape index (κ3) is 18.9. The summed E-state index contributed by atoms with van der Waals surface area (Å²) in [7, 11) is 0. The average Bonchev–Trinajstić information content (AvgIpc) is 3.01. The van der Waals surface area contributed by atoms with Gasteiger partial charge in [-0.05, 0) is 74.3 Å². The summed E-state index contributed by atoms with van der Waals surface area (Å²) in [5.41, 5.74) is -1.70. The molecule has 0 amide bonds. The third-order valence-corrected chi connectivity index (χ3v) is 6.00. The van der Waals surface area contributed by atoms with Crippen LogP contribution in [0, 0.1) is 29.1 Å². The molecule has 252 valence electrons. The number of aromatic nitrogens is 2. The molecule has 0 fully saturated rings. The van der Waals surface area contributed by atoms with Crippen LogP contribution in [0.4, 0.5) is 39.5 Å². The number of carbonyl (C=O) groups excluding carboxylic acids is 1. The second-order valence-electron chi connectivity index (χ2n) is 7.88. The standard InChI is InChI=1S/C13H7BrF5NO.C8H7F3O.C5H2BrClFN.CH2O3.2Cs.H/c14-11-2-1-8(15)13(20-11)21-5-6-3-10(17)7(12(18)19)4-9(6)16;9-7-3-5(8(10)11)1-2-6(7)4-12;6-4-2-1-3(8)5(7)9-4;2-1-4-3;;;/h1-4,12H,5H2;1-3,8,12H,4H2;1-2H;1,3H;;;/q;;;;2*+1;-1/p-1. The second kappa shape index (κ2) is 27.3. The number of nitrogens with zero attached hydrogens (tertiary/aromatic N) is 2. The largest absolute Gasteiger partial charge is 1.00 e. The van der Waals surface area contributed by atoms with Crippen molar-refractivity contribution in [2.24, 2.45) is 0 Å². The molecule has 1 N–H and O–H groups in total. The SMILES string of the molecule is Fc1cc(C(F)F)c(F)cc1COc1nc(Br)ccc1F.Fc1ccc(Br)nc1Cl.O=CO[O-].OCc1ccc(C(F)F)cc1F.[Cs+].[Cs+].[H-]. The molecule has 0 atom stereocenters. The Hall–Kier alpha value is 0.654. The zero-order valence-corrected chi connectivity index (χ0v) is 40.8. The average molecular weight is 1080 g/mol. The Kier molecular flexibility index (Phi) is 28.9. The van der Waals surface area contributed by atoms with Gasteiger partial charge in [-0.2, -0.15) is 0 Å². The quantitative estimate of drug-likeness (QED) is 0.0997. The fraction of sp³-hybridized carbons (Fsp3) is 0.148. The maximum Gasteiger partial charge on any atom is 1.00 e. The van der Waals surface area contributed by atoms with Gasteiger partial charge in [-0.15, -0.1) is 0 Å². The van der Waals surface area contributed by atoms with Crippen LogP contribution in [-0.4, -0.2) is 21.5 Å². The number of hydrogen-bond donors (Lipinski definition) is 1. The monoisotopic (exact) mass is 1080 g/mol. The van der Waals surface area contributed by atoms with Crippen LogP contribution in [0.15, 0.2) is 63.8 Å². The Balaban J connectivity index is -0.000000645. The first-order valence-corrected chi connectivity index (χ1v) is 13.7. The van der Waals surface area contributed by atoms with Gasteiger partial charge in [0.1, 0.15) is 33.3 Å². The first-order chi connectivity index (χ1) is 21.6. The molecule has 0 bridgehead atoms. The van der Waals surface area contributed by atoms with Gasteiger partial charge in [0.2, 0.25) is 0 Å². The van der Waals surface area contributed by atoms with Crippen molar-refractivity contribution in [2.45, 2.75) is 26.1 Å². The summed E-state index contributed by atoms with van der Waals surface area (Å²) in [6.45, 7) is -1.21. The van der Waals surface area contributed by atoms with E-state index in [9.17, 15) is 39.5 Å². The van der Waals surface area contributed by atoms with E-state index < -0.39 is 66.6 Å². The molecule has 4 aromatic rings. The van der Waals surface area contributed by atoms with Crippen molar-refractivity contribution < 1.29 is 204 Å². The Bertz CT molecular complexity index is 1600. The summed E-state index contributed by atoms with van der Waals surface area (Å²) in [5, 5.41) is 16.8. The molecule has 2 aromatic heterocycles. The predicted molar refractivity (Wildman–Crippen MR) is 150 cm³/mol. The van der Waals surface area contributed by atoms with E-state index in [0.717, 1.165) is 24.3 Å². The van der Waals surface area contributed by atoms with Crippen LogP contribution < -0.4 is 148 Å². The molecule has 0 unspecified atom stereocenters. The predicted octanol–water partition coefficient (Wildman–Crippen LogP) is 2.23. The normalized spacial score (nSPS) is 9.75. The van der Waals surface area contributed by atoms with E-state index in [2.05, 4.69) is 46.7 Å². The summed E-state index contributed by atoms with van der Waals surface area (Å²) in [6.07, 6.45) is -5.80. The number of carbonyl (C=O) groups is 1. The van der Waals surface area contributed by atoms with Crippen LogP contribution in [0.2, 0.25) is 5.15 Å². The molecule has 0 saturated heterocycles. The molecular weight excluding hydrogens is 1060 g/mol. The molecule has 0 aliphatic heterocycles. The maximum absolute atomic E-state index is 13.6. The second-order valence-corrected chi connectivity index (χ2v) is 9.87. The zero-order chi connectivity index (χ0) is 35.0. The van der Waals surface area contributed by atoms with E-state index in [1.165, 1.54) is 18.2 Å². The van der Waals surface area contributed by atoms with Crippen LogP contribution in [0.3, 0.4) is 0 Å². The topological polar surface area (TPSA) is 105 Å². The van der Waals surface area contributed by atoms with Gasteiger partial charge in [-0.3, -0.25) is 4.79 Å². The smallest absolute Gasteiger partial charge is 1.00 e. The van der Waals surface area contributed by atoms with Gasteiger partial charge in [0.15, 0.2) is 16.8 Å². The number of rotatable bonds is 7. The number of halogens is 12. The maximum atomic E-state index is 13.6. The molecule has 0 aliphatic rings. The van der Waals surface area contributed by atoms with Crippen LogP contribution >= 0.6 is 43.5 Å². The summed E-state index contributed by atoms with van der Waals surface area (Å²) in [5.74, 6) is -4.82. The van der Waals surface area contributed by atoms with Crippen LogP contribution in [0.25, 0.3) is 0 Å². The Morgan fingerprint density at radius 1 is 0.792 bits per heavy atom. The molecule has 0 radical (unpaired) electrons. The number of hydrogen-bond acceptors (Lipinski definition) is 7. The number of ether oxygens (including phenoxy) is 1. The first kappa shape index (κ1) is 50.8. The van der Waals surface area contributed by atoms with Gasteiger partial charge in [-0.1, -0.05) is 23.7 Å². The van der Waals surface area contributed by atoms with Crippen molar-refractivity contribution in [1.29, 1.82) is 0 Å². The fourth-order valence-electron chi connectivity index (χ4n) is 2.75. The van der Waals surface area contributed by atoms with Gasteiger partial charge in [0.25, 0.3) is 25.2 Å². The number of aliphatic hydroxyl groups is 1. The molecule has 21 heteroatoms. The van der Waals surface area contributed by atoms with Gasteiger partial charge in [-0.25, -0.2) is 49.5 Å². The van der Waals surface area contributed by atoms with Crippen LogP contribution in [-0.2, 0) is 22.9 Å². The minimum atomic E-state index is -3.13. The summed E-state index contributed by atoms with van der Waals surface area (Å²) < 4.78 is 120. The van der Waals surface area contributed by atoms with Gasteiger partial charge in [0.05, 0.1) is 12.2 Å². The van der Waals surface area contributed by atoms with Crippen LogP contribution in [0.1, 0.15) is 36.5 Å². The molecular formula is C27H18Br2ClCs2F9N2O5. The van der Waals surface area contributed by atoms with E-state index in [1.54, 1.807) is 0 Å². The molecule has 2 aromatic carbocycles. The Labute approximate surface area is 407 Å². The van der Waals surface area contributed by atoms with E-state index in [0.29, 0.717) is 21.3 Å². The molecule has 0 aliphatic carbocycles. The summed E-state index contributed by atoms with van der Waals surface area (Å²) in [6, 6.07) is 9.10. The van der Waals surface area contributed by atoms with Gasteiger partial charge >= 0.3 is 138 Å². The molecule has 0 saturated carbocycles. The van der Waals surface area contributed by atoms with Gasteiger partial charge in [0, 0.05) is 16.7 Å². The minimum Gasteiger partial charge on any atom is -1.00 e. The Morgan fingerprint density at radius 2 is 1.33 bits per heavy atom. The van der Waals surface area contributed by atoms with E-state index >= 15 is 0 Å². The molecule has 7 nitrogen and oxygen atoms in total. The number of pyridine rings is 2. The van der Waals surface area contributed by atoms with Crippen molar-refractivity contribution >= 4 is 49.9 Å². The summed E-state index contributed by atoms with van der Waals surface area (Å²) in [4.78, 5) is 18.5. The van der Waals surface area contributed by atoms with Crippen LogP contribution in [0.5, 0.6) is 5.88 Å². The first-order valence-electron chi connectivity index (χ1n) is 11.7. The fourth-order valence-corrected chi connectivity index (χ4v) is 3.61. The number of alkyl halides is 4. The summed E-state index contributed by atoms with van der Waals surface area (Å²) >= 11 is 11.3. The van der Waals surface area contributed by atoms with Crippen molar-refractivity contribution in [3.05, 3.63) is 120 Å².